The topological polar surface area (TPSA) is 62.2 Å². The molecule has 2 aromatic rings. The summed E-state index contributed by atoms with van der Waals surface area (Å²) >= 11 is 0. The van der Waals surface area contributed by atoms with E-state index in [0.29, 0.717) is 0 Å². The number of piperazine rings is 1. The fraction of sp³-hybridized carbons (Fsp3) is 0.435. The maximum Gasteiger partial charge on any atom is 0.490 e. The molecular weight excluding hydrogens is 425 g/mol. The van der Waals surface area contributed by atoms with Gasteiger partial charge in [0.2, 0.25) is 0 Å². The Balaban J connectivity index is 0.000000451. The average molecular weight is 454 g/mol. The molecule has 176 valence electrons. The number of para-hydroxylation sites is 1. The van der Waals surface area contributed by atoms with Crippen molar-refractivity contribution in [1.29, 1.82) is 0 Å². The smallest absolute Gasteiger partial charge is 0.490 e. The van der Waals surface area contributed by atoms with Crippen LogP contribution in [0, 0.1) is 6.92 Å². The first kappa shape index (κ1) is 25.5. The number of rotatable bonds is 6. The molecule has 0 radical (unpaired) electrons. The van der Waals surface area contributed by atoms with Crippen LogP contribution in [0.15, 0.2) is 42.5 Å². The third-order valence-electron chi connectivity index (χ3n) is 5.07. The van der Waals surface area contributed by atoms with Crippen molar-refractivity contribution in [3.05, 3.63) is 59.2 Å². The van der Waals surface area contributed by atoms with Gasteiger partial charge in [-0.2, -0.15) is 13.2 Å². The second-order valence-corrected chi connectivity index (χ2v) is 7.50. The van der Waals surface area contributed by atoms with E-state index in [-0.39, 0.29) is 0 Å². The lowest BCUT2D eigenvalue weighted by molar-refractivity contribution is -0.192. The zero-order valence-electron chi connectivity index (χ0n) is 18.5. The van der Waals surface area contributed by atoms with Gasteiger partial charge in [-0.15, -0.1) is 0 Å². The summed E-state index contributed by atoms with van der Waals surface area (Å²) in [5.74, 6) is -1.10. The van der Waals surface area contributed by atoms with Gasteiger partial charge in [0, 0.05) is 44.8 Å². The lowest BCUT2D eigenvalue weighted by Gasteiger charge is -2.35. The van der Waals surface area contributed by atoms with Crippen LogP contribution < -0.4 is 9.47 Å². The maximum atomic E-state index is 10.6. The van der Waals surface area contributed by atoms with Crippen LogP contribution in [-0.2, 0) is 17.9 Å². The minimum absolute atomic E-state index is 0.804. The maximum absolute atomic E-state index is 10.6. The number of benzene rings is 2. The Morgan fingerprint density at radius 3 is 2.03 bits per heavy atom. The van der Waals surface area contributed by atoms with E-state index in [4.69, 9.17) is 19.4 Å². The number of methoxy groups -OCH3 is 2. The number of aliphatic carboxylic acids is 1. The molecule has 1 fully saturated rings. The van der Waals surface area contributed by atoms with Crippen molar-refractivity contribution >= 4 is 5.97 Å². The second-order valence-electron chi connectivity index (χ2n) is 7.50. The summed E-state index contributed by atoms with van der Waals surface area (Å²) in [6.45, 7) is 8.44. The Morgan fingerprint density at radius 2 is 1.53 bits per heavy atom. The minimum atomic E-state index is -5.08. The molecule has 0 aromatic heterocycles. The average Bonchev–Trinajstić information content (AvgIpc) is 2.74. The van der Waals surface area contributed by atoms with Gasteiger partial charge in [0.25, 0.3) is 0 Å². The standard InChI is InChI=1S/C21H28N2O2.C2HF3O2/c1-17-6-4-7-18(14-17)15-22-10-12-23(13-11-22)16-19-8-5-9-20(24-2)21(19)25-3;3-2(4,5)1(6)7/h4-9,14H,10-13,15-16H2,1-3H3;(H,6,7). The molecule has 9 heteroatoms. The summed E-state index contributed by atoms with van der Waals surface area (Å²) in [6.07, 6.45) is -5.08. The van der Waals surface area contributed by atoms with E-state index < -0.39 is 12.1 Å². The van der Waals surface area contributed by atoms with Crippen LogP contribution in [0.5, 0.6) is 11.5 Å². The molecule has 3 rings (SSSR count). The highest BCUT2D eigenvalue weighted by atomic mass is 19.4. The molecule has 0 spiro atoms. The first-order valence-corrected chi connectivity index (χ1v) is 10.1. The van der Waals surface area contributed by atoms with Gasteiger partial charge in [0.1, 0.15) is 0 Å². The van der Waals surface area contributed by atoms with Gasteiger partial charge in [-0.1, -0.05) is 42.0 Å². The van der Waals surface area contributed by atoms with Crippen LogP contribution in [0.4, 0.5) is 13.2 Å². The zero-order chi connectivity index (χ0) is 23.7. The SMILES string of the molecule is COc1cccc(CN2CCN(Cc3cccc(C)c3)CC2)c1OC.O=C(O)C(F)(F)F. The van der Waals surface area contributed by atoms with E-state index in [9.17, 15) is 13.2 Å². The van der Waals surface area contributed by atoms with Crippen LogP contribution in [-0.4, -0.2) is 67.5 Å². The number of aryl methyl sites for hydroxylation is 1. The van der Waals surface area contributed by atoms with Gasteiger partial charge in [0.05, 0.1) is 14.2 Å². The molecule has 2 aromatic carbocycles. The lowest BCUT2D eigenvalue weighted by atomic mass is 10.1. The number of ether oxygens (including phenoxy) is 2. The first-order valence-electron chi connectivity index (χ1n) is 10.1. The van der Waals surface area contributed by atoms with E-state index in [1.165, 1.54) is 16.7 Å². The summed E-state index contributed by atoms with van der Waals surface area (Å²) in [7, 11) is 3.40. The fourth-order valence-corrected chi connectivity index (χ4v) is 3.49. The summed E-state index contributed by atoms with van der Waals surface area (Å²) in [6, 6.07) is 14.9. The first-order chi connectivity index (χ1) is 15.1. The summed E-state index contributed by atoms with van der Waals surface area (Å²) in [5, 5.41) is 7.12. The summed E-state index contributed by atoms with van der Waals surface area (Å²) in [5.41, 5.74) is 3.93. The van der Waals surface area contributed by atoms with Gasteiger partial charge < -0.3 is 14.6 Å². The molecule has 1 aliphatic heterocycles. The molecule has 1 saturated heterocycles. The van der Waals surface area contributed by atoms with Crippen molar-refractivity contribution in [2.75, 3.05) is 40.4 Å². The fourth-order valence-electron chi connectivity index (χ4n) is 3.49. The van der Waals surface area contributed by atoms with Gasteiger partial charge in [0.15, 0.2) is 11.5 Å². The predicted octanol–water partition coefficient (Wildman–Crippen LogP) is 3.96. The number of carbonyl (C=O) groups is 1. The van der Waals surface area contributed by atoms with Crippen LogP contribution in [0.3, 0.4) is 0 Å². The van der Waals surface area contributed by atoms with E-state index in [1.54, 1.807) is 14.2 Å². The van der Waals surface area contributed by atoms with Gasteiger partial charge in [-0.3, -0.25) is 9.80 Å². The van der Waals surface area contributed by atoms with Crippen molar-refractivity contribution in [3.63, 3.8) is 0 Å². The number of carboxylic acid groups (broad SMARTS) is 1. The highest BCUT2D eigenvalue weighted by Crippen LogP contribution is 2.31. The summed E-state index contributed by atoms with van der Waals surface area (Å²) < 4.78 is 42.7. The quantitative estimate of drug-likeness (QED) is 0.713. The van der Waals surface area contributed by atoms with Crippen molar-refractivity contribution in [1.82, 2.24) is 9.80 Å². The second kappa shape index (κ2) is 11.7. The molecular formula is C23H29F3N2O4. The van der Waals surface area contributed by atoms with Crippen molar-refractivity contribution < 1.29 is 32.5 Å². The predicted molar refractivity (Wildman–Crippen MR) is 115 cm³/mol. The Kier molecular flexibility index (Phi) is 9.34. The van der Waals surface area contributed by atoms with E-state index in [0.717, 1.165) is 50.8 Å². The molecule has 1 N–H and O–H groups in total. The van der Waals surface area contributed by atoms with Crippen LogP contribution in [0.2, 0.25) is 0 Å². The van der Waals surface area contributed by atoms with Crippen molar-refractivity contribution in [2.24, 2.45) is 0 Å². The molecule has 1 aliphatic rings. The third kappa shape index (κ3) is 7.72. The number of nitrogens with zero attached hydrogens (tertiary/aromatic N) is 2. The monoisotopic (exact) mass is 454 g/mol. The summed E-state index contributed by atoms with van der Waals surface area (Å²) in [4.78, 5) is 13.9. The largest absolute Gasteiger partial charge is 0.493 e. The van der Waals surface area contributed by atoms with Gasteiger partial charge in [-0.05, 0) is 18.6 Å². The number of hydrogen-bond donors (Lipinski definition) is 1. The number of hydrogen-bond acceptors (Lipinski definition) is 5. The Hall–Kier alpha value is -2.78. The van der Waals surface area contributed by atoms with E-state index in [1.807, 2.05) is 12.1 Å². The number of carboxylic acids is 1. The molecule has 6 nitrogen and oxygen atoms in total. The van der Waals surface area contributed by atoms with Crippen LogP contribution >= 0.6 is 0 Å². The molecule has 32 heavy (non-hydrogen) atoms. The van der Waals surface area contributed by atoms with E-state index in [2.05, 4.69) is 47.1 Å². The van der Waals surface area contributed by atoms with Crippen molar-refractivity contribution in [2.45, 2.75) is 26.2 Å². The van der Waals surface area contributed by atoms with Crippen LogP contribution in [0.1, 0.15) is 16.7 Å². The Morgan fingerprint density at radius 1 is 0.969 bits per heavy atom. The zero-order valence-corrected chi connectivity index (χ0v) is 18.5. The highest BCUT2D eigenvalue weighted by molar-refractivity contribution is 5.73. The van der Waals surface area contributed by atoms with Gasteiger partial charge in [-0.25, -0.2) is 4.79 Å². The molecule has 0 amide bonds. The molecule has 0 saturated carbocycles. The highest BCUT2D eigenvalue weighted by Gasteiger charge is 2.38. The molecule has 0 unspecified atom stereocenters. The van der Waals surface area contributed by atoms with E-state index >= 15 is 0 Å². The number of halogens is 3. The normalized spacial score (nSPS) is 14.9. The minimum Gasteiger partial charge on any atom is -0.493 e. The molecule has 0 bridgehead atoms. The van der Waals surface area contributed by atoms with Crippen LogP contribution in [0.25, 0.3) is 0 Å². The third-order valence-corrected chi connectivity index (χ3v) is 5.07. The molecule has 0 atom stereocenters. The van der Waals surface area contributed by atoms with Crippen molar-refractivity contribution in [3.8, 4) is 11.5 Å². The number of alkyl halides is 3. The Labute approximate surface area is 186 Å². The lowest BCUT2D eigenvalue weighted by Crippen LogP contribution is -2.45. The van der Waals surface area contributed by atoms with Gasteiger partial charge >= 0.3 is 12.1 Å². The molecule has 1 heterocycles. The Bertz CT molecular complexity index is 882. The molecule has 0 aliphatic carbocycles.